The van der Waals surface area contributed by atoms with Crippen molar-refractivity contribution in [1.29, 1.82) is 0 Å². The van der Waals surface area contributed by atoms with Gasteiger partial charge in [0, 0.05) is 42.3 Å². The number of amides is 1. The molecule has 7 nitrogen and oxygen atoms in total. The summed E-state index contributed by atoms with van der Waals surface area (Å²) in [5.41, 5.74) is 1.93. The standard InChI is InChI=1S/C20H19ClN2O5S/c1-23(25)18(24)12-11-17-22-19(13-5-9-16(10-6-13)29(2,26)27)20(28-17)14-3-7-15(21)8-4-14/h3-10,25H,11-12H2,1-2H3. The maximum atomic E-state index is 11.7. The van der Waals surface area contributed by atoms with Gasteiger partial charge in [-0.25, -0.2) is 18.5 Å². The van der Waals surface area contributed by atoms with E-state index in [0.717, 1.165) is 11.8 Å². The van der Waals surface area contributed by atoms with Crippen molar-refractivity contribution < 1.29 is 22.8 Å². The highest BCUT2D eigenvalue weighted by Gasteiger charge is 2.19. The Bertz CT molecular complexity index is 1120. The van der Waals surface area contributed by atoms with Gasteiger partial charge in [-0.05, 0) is 36.4 Å². The number of halogens is 1. The number of benzene rings is 2. The van der Waals surface area contributed by atoms with E-state index in [4.69, 9.17) is 16.0 Å². The van der Waals surface area contributed by atoms with Crippen molar-refractivity contribution in [3.05, 3.63) is 59.4 Å². The number of nitrogens with zero attached hydrogens (tertiary/aromatic N) is 2. The minimum atomic E-state index is -3.31. The summed E-state index contributed by atoms with van der Waals surface area (Å²) in [6.07, 6.45) is 1.37. The van der Waals surface area contributed by atoms with Crippen LogP contribution < -0.4 is 0 Å². The Hall–Kier alpha value is -2.68. The molecule has 152 valence electrons. The number of aromatic nitrogens is 1. The van der Waals surface area contributed by atoms with Gasteiger partial charge in [0.25, 0.3) is 0 Å². The van der Waals surface area contributed by atoms with E-state index in [9.17, 15) is 18.4 Å². The van der Waals surface area contributed by atoms with Crippen LogP contribution in [-0.4, -0.2) is 42.9 Å². The zero-order chi connectivity index (χ0) is 21.2. The minimum absolute atomic E-state index is 0.0278. The molecule has 0 aliphatic carbocycles. The number of hydroxylamine groups is 2. The van der Waals surface area contributed by atoms with E-state index in [1.165, 1.54) is 19.2 Å². The number of oxazole rings is 1. The Labute approximate surface area is 173 Å². The van der Waals surface area contributed by atoms with Gasteiger partial charge in [0.15, 0.2) is 21.5 Å². The SMILES string of the molecule is CN(O)C(=O)CCc1nc(-c2ccc(S(C)(=O)=O)cc2)c(-c2ccc(Cl)cc2)o1. The molecular weight excluding hydrogens is 416 g/mol. The summed E-state index contributed by atoms with van der Waals surface area (Å²) in [4.78, 5) is 16.4. The predicted molar refractivity (Wildman–Crippen MR) is 108 cm³/mol. The van der Waals surface area contributed by atoms with E-state index >= 15 is 0 Å². The summed E-state index contributed by atoms with van der Waals surface area (Å²) in [6, 6.07) is 13.3. The summed E-state index contributed by atoms with van der Waals surface area (Å²) in [5.74, 6) is 0.344. The second-order valence-electron chi connectivity index (χ2n) is 6.51. The van der Waals surface area contributed by atoms with Gasteiger partial charge < -0.3 is 4.42 Å². The molecule has 0 bridgehead atoms. The molecule has 1 heterocycles. The first-order valence-corrected chi connectivity index (χ1v) is 10.9. The molecular formula is C20H19ClN2O5S. The summed E-state index contributed by atoms with van der Waals surface area (Å²) in [5, 5.41) is 10.3. The fourth-order valence-corrected chi connectivity index (χ4v) is 3.46. The van der Waals surface area contributed by atoms with Gasteiger partial charge in [-0.2, -0.15) is 0 Å². The Balaban J connectivity index is 2.01. The highest BCUT2D eigenvalue weighted by Crippen LogP contribution is 2.34. The molecule has 3 rings (SSSR count). The van der Waals surface area contributed by atoms with Gasteiger partial charge in [0.1, 0.15) is 5.69 Å². The van der Waals surface area contributed by atoms with Crippen LogP contribution in [0, 0.1) is 0 Å². The third-order valence-electron chi connectivity index (χ3n) is 4.25. The molecule has 0 radical (unpaired) electrons. The lowest BCUT2D eigenvalue weighted by atomic mass is 10.1. The molecule has 0 saturated carbocycles. The maximum absolute atomic E-state index is 11.7. The Morgan fingerprint density at radius 2 is 1.69 bits per heavy atom. The number of rotatable bonds is 6. The number of carbonyl (C=O) groups excluding carboxylic acids is 1. The Morgan fingerprint density at radius 3 is 2.24 bits per heavy atom. The maximum Gasteiger partial charge on any atom is 0.246 e. The van der Waals surface area contributed by atoms with Crippen molar-refractivity contribution >= 4 is 27.3 Å². The summed E-state index contributed by atoms with van der Waals surface area (Å²) in [6.45, 7) is 0. The molecule has 1 amide bonds. The number of hydrogen-bond acceptors (Lipinski definition) is 6. The zero-order valence-corrected chi connectivity index (χ0v) is 17.4. The highest BCUT2D eigenvalue weighted by molar-refractivity contribution is 7.90. The van der Waals surface area contributed by atoms with Crippen LogP contribution in [0.25, 0.3) is 22.6 Å². The zero-order valence-electron chi connectivity index (χ0n) is 15.8. The van der Waals surface area contributed by atoms with E-state index in [1.807, 2.05) is 0 Å². The molecule has 1 aromatic heterocycles. The molecule has 0 saturated heterocycles. The normalized spacial score (nSPS) is 11.4. The number of aryl methyl sites for hydroxylation is 1. The number of carbonyl (C=O) groups is 1. The van der Waals surface area contributed by atoms with Crippen molar-refractivity contribution in [2.75, 3.05) is 13.3 Å². The molecule has 1 N–H and O–H groups in total. The van der Waals surface area contributed by atoms with Gasteiger partial charge in [-0.3, -0.25) is 10.0 Å². The molecule has 0 fully saturated rings. The van der Waals surface area contributed by atoms with Crippen LogP contribution in [0.4, 0.5) is 0 Å². The predicted octanol–water partition coefficient (Wildman–Crippen LogP) is 3.85. The third kappa shape index (κ3) is 5.03. The van der Waals surface area contributed by atoms with E-state index in [1.54, 1.807) is 36.4 Å². The van der Waals surface area contributed by atoms with Crippen LogP contribution in [0.3, 0.4) is 0 Å². The lowest BCUT2D eigenvalue weighted by molar-refractivity contribution is -0.159. The molecule has 0 aliphatic heterocycles. The second-order valence-corrected chi connectivity index (χ2v) is 8.96. The Kier molecular flexibility index (Phi) is 6.07. The van der Waals surface area contributed by atoms with E-state index in [0.29, 0.717) is 33.0 Å². The highest BCUT2D eigenvalue weighted by atomic mass is 35.5. The van der Waals surface area contributed by atoms with Crippen molar-refractivity contribution in [2.24, 2.45) is 0 Å². The number of hydrogen-bond donors (Lipinski definition) is 1. The van der Waals surface area contributed by atoms with Crippen molar-refractivity contribution in [3.8, 4) is 22.6 Å². The average molecular weight is 435 g/mol. The summed E-state index contributed by atoms with van der Waals surface area (Å²) >= 11 is 5.97. The molecule has 0 unspecified atom stereocenters. The van der Waals surface area contributed by atoms with Crippen LogP contribution in [0.15, 0.2) is 57.8 Å². The van der Waals surface area contributed by atoms with E-state index < -0.39 is 15.7 Å². The van der Waals surface area contributed by atoms with Crippen molar-refractivity contribution in [2.45, 2.75) is 17.7 Å². The van der Waals surface area contributed by atoms with Gasteiger partial charge in [0.2, 0.25) is 5.91 Å². The second kappa shape index (κ2) is 8.36. The Morgan fingerprint density at radius 1 is 1.10 bits per heavy atom. The third-order valence-corrected chi connectivity index (χ3v) is 5.63. The van der Waals surface area contributed by atoms with Crippen molar-refractivity contribution in [1.82, 2.24) is 10.0 Å². The quantitative estimate of drug-likeness (QED) is 0.467. The molecule has 3 aromatic rings. The van der Waals surface area contributed by atoms with Crippen LogP contribution in [0.2, 0.25) is 5.02 Å². The fraction of sp³-hybridized carbons (Fsp3) is 0.200. The monoisotopic (exact) mass is 434 g/mol. The first-order valence-electron chi connectivity index (χ1n) is 8.66. The first-order chi connectivity index (χ1) is 13.6. The van der Waals surface area contributed by atoms with E-state index in [2.05, 4.69) is 4.98 Å². The molecule has 9 heteroatoms. The van der Waals surface area contributed by atoms with Crippen LogP contribution in [-0.2, 0) is 21.1 Å². The summed E-state index contributed by atoms with van der Waals surface area (Å²) in [7, 11) is -2.06. The van der Waals surface area contributed by atoms with Gasteiger partial charge in [-0.15, -0.1) is 0 Å². The number of sulfone groups is 1. The average Bonchev–Trinajstić information content (AvgIpc) is 3.10. The molecule has 29 heavy (non-hydrogen) atoms. The van der Waals surface area contributed by atoms with Crippen LogP contribution >= 0.6 is 11.6 Å². The van der Waals surface area contributed by atoms with Crippen molar-refractivity contribution in [3.63, 3.8) is 0 Å². The topological polar surface area (TPSA) is 101 Å². The van der Waals surface area contributed by atoms with Gasteiger partial charge in [-0.1, -0.05) is 23.7 Å². The molecule has 0 spiro atoms. The van der Waals surface area contributed by atoms with Gasteiger partial charge >= 0.3 is 0 Å². The molecule has 0 aliphatic rings. The smallest absolute Gasteiger partial charge is 0.246 e. The molecule has 0 atom stereocenters. The lowest BCUT2D eigenvalue weighted by Gasteiger charge is -2.06. The lowest BCUT2D eigenvalue weighted by Crippen LogP contribution is -2.22. The fourth-order valence-electron chi connectivity index (χ4n) is 2.70. The van der Waals surface area contributed by atoms with Crippen LogP contribution in [0.5, 0.6) is 0 Å². The van der Waals surface area contributed by atoms with E-state index in [-0.39, 0.29) is 17.7 Å². The summed E-state index contributed by atoms with van der Waals surface area (Å²) < 4.78 is 29.3. The van der Waals surface area contributed by atoms with Gasteiger partial charge in [0.05, 0.1) is 4.90 Å². The molecule has 2 aromatic carbocycles. The minimum Gasteiger partial charge on any atom is -0.440 e. The first kappa shape index (κ1) is 21.0. The largest absolute Gasteiger partial charge is 0.440 e. The van der Waals surface area contributed by atoms with Crippen LogP contribution in [0.1, 0.15) is 12.3 Å².